The van der Waals surface area contributed by atoms with Crippen molar-refractivity contribution in [3.63, 3.8) is 0 Å². The molecule has 20 heavy (non-hydrogen) atoms. The van der Waals surface area contributed by atoms with E-state index in [-0.39, 0.29) is 5.91 Å². The molecule has 100 valence electrons. The van der Waals surface area contributed by atoms with Crippen LogP contribution in [-0.2, 0) is 0 Å². The maximum absolute atomic E-state index is 12.1. The molecule has 1 heterocycles. The minimum absolute atomic E-state index is 0.167. The van der Waals surface area contributed by atoms with Crippen molar-refractivity contribution in [2.75, 3.05) is 5.32 Å². The average Bonchev–Trinajstić information content (AvgIpc) is 2.78. The number of rotatable bonds is 2. The number of aromatic amines is 1. The van der Waals surface area contributed by atoms with Crippen molar-refractivity contribution < 1.29 is 4.79 Å². The Balaban J connectivity index is 1.86. The van der Waals surface area contributed by atoms with Crippen LogP contribution in [0, 0.1) is 3.95 Å². The molecule has 0 unspecified atom stereocenters. The number of benzene rings is 2. The second-order valence-electron chi connectivity index (χ2n) is 4.19. The lowest BCUT2D eigenvalue weighted by Crippen LogP contribution is -2.11. The van der Waals surface area contributed by atoms with Crippen LogP contribution < -0.4 is 5.32 Å². The van der Waals surface area contributed by atoms with Crippen LogP contribution in [0.4, 0.5) is 5.69 Å². The average molecular weight is 321 g/mol. The molecule has 2 N–H and O–H groups in total. The summed E-state index contributed by atoms with van der Waals surface area (Å²) in [6.45, 7) is 0. The minimum Gasteiger partial charge on any atom is -0.337 e. The molecule has 3 rings (SSSR count). The zero-order valence-electron chi connectivity index (χ0n) is 10.1. The highest BCUT2D eigenvalue weighted by Gasteiger charge is 2.07. The standard InChI is InChI=1S/C14H9ClN2OS2/c15-9-3-1-8(2-4-9)13(18)16-10-5-6-11-12(7-10)20-14(19)17-11/h1-7H,(H,16,18)(H,17,19). The van der Waals surface area contributed by atoms with E-state index < -0.39 is 0 Å². The highest BCUT2D eigenvalue weighted by Crippen LogP contribution is 2.23. The van der Waals surface area contributed by atoms with Gasteiger partial charge < -0.3 is 10.3 Å². The van der Waals surface area contributed by atoms with Crippen molar-refractivity contribution in [2.45, 2.75) is 0 Å². The van der Waals surface area contributed by atoms with Crippen molar-refractivity contribution in [1.29, 1.82) is 0 Å². The number of H-pyrrole nitrogens is 1. The largest absolute Gasteiger partial charge is 0.337 e. The summed E-state index contributed by atoms with van der Waals surface area (Å²) in [6, 6.07) is 12.4. The van der Waals surface area contributed by atoms with E-state index in [9.17, 15) is 4.79 Å². The fourth-order valence-electron chi connectivity index (χ4n) is 1.83. The molecule has 2 aromatic carbocycles. The fourth-order valence-corrected chi connectivity index (χ4v) is 3.11. The van der Waals surface area contributed by atoms with Crippen LogP contribution in [0.25, 0.3) is 10.2 Å². The summed E-state index contributed by atoms with van der Waals surface area (Å²) in [5, 5.41) is 3.46. The van der Waals surface area contributed by atoms with Crippen LogP contribution in [0.5, 0.6) is 0 Å². The number of carbonyl (C=O) groups is 1. The zero-order chi connectivity index (χ0) is 14.1. The van der Waals surface area contributed by atoms with E-state index in [1.807, 2.05) is 18.2 Å². The van der Waals surface area contributed by atoms with Gasteiger partial charge in [-0.05, 0) is 54.7 Å². The maximum atomic E-state index is 12.1. The van der Waals surface area contributed by atoms with E-state index in [1.54, 1.807) is 24.3 Å². The zero-order valence-corrected chi connectivity index (χ0v) is 12.5. The Labute approximate surface area is 129 Å². The van der Waals surface area contributed by atoms with Crippen LogP contribution in [0.15, 0.2) is 42.5 Å². The molecule has 0 atom stereocenters. The molecule has 3 aromatic rings. The van der Waals surface area contributed by atoms with Crippen molar-refractivity contribution in [2.24, 2.45) is 0 Å². The van der Waals surface area contributed by atoms with E-state index in [0.717, 1.165) is 19.9 Å². The first-order chi connectivity index (χ1) is 9.61. The summed E-state index contributed by atoms with van der Waals surface area (Å²) in [6.07, 6.45) is 0. The number of aromatic nitrogens is 1. The second-order valence-corrected chi connectivity index (χ2v) is 6.34. The van der Waals surface area contributed by atoms with Gasteiger partial charge in [-0.15, -0.1) is 11.3 Å². The lowest BCUT2D eigenvalue weighted by Gasteiger charge is -2.05. The van der Waals surface area contributed by atoms with Crippen LogP contribution >= 0.6 is 35.2 Å². The number of halogens is 1. The number of nitrogens with one attached hydrogen (secondary N) is 2. The molecule has 0 aliphatic heterocycles. The van der Waals surface area contributed by atoms with Gasteiger partial charge >= 0.3 is 0 Å². The molecule has 0 radical (unpaired) electrons. The lowest BCUT2D eigenvalue weighted by molar-refractivity contribution is 0.102. The molecule has 0 saturated heterocycles. The van der Waals surface area contributed by atoms with Gasteiger partial charge in [-0.2, -0.15) is 0 Å². The van der Waals surface area contributed by atoms with Crippen molar-refractivity contribution >= 4 is 57.0 Å². The molecule has 0 bridgehead atoms. The van der Waals surface area contributed by atoms with E-state index >= 15 is 0 Å². The summed E-state index contributed by atoms with van der Waals surface area (Å²) in [4.78, 5) is 15.2. The van der Waals surface area contributed by atoms with Gasteiger partial charge in [0, 0.05) is 16.3 Å². The second kappa shape index (κ2) is 5.36. The Morgan fingerprint density at radius 2 is 1.95 bits per heavy atom. The Bertz CT molecular complexity index is 836. The highest BCUT2D eigenvalue weighted by molar-refractivity contribution is 7.73. The molecule has 0 fully saturated rings. The molecule has 3 nitrogen and oxygen atoms in total. The van der Waals surface area contributed by atoms with Gasteiger partial charge in [0.1, 0.15) is 0 Å². The van der Waals surface area contributed by atoms with E-state index in [1.165, 1.54) is 11.3 Å². The van der Waals surface area contributed by atoms with E-state index in [2.05, 4.69) is 10.3 Å². The van der Waals surface area contributed by atoms with Gasteiger partial charge in [-0.1, -0.05) is 11.6 Å². The van der Waals surface area contributed by atoms with Crippen molar-refractivity contribution in [3.05, 3.63) is 57.0 Å². The smallest absolute Gasteiger partial charge is 0.255 e. The number of anilines is 1. The first-order valence-electron chi connectivity index (χ1n) is 5.81. The van der Waals surface area contributed by atoms with Crippen LogP contribution in [0.2, 0.25) is 5.02 Å². The molecule has 0 spiro atoms. The van der Waals surface area contributed by atoms with Gasteiger partial charge in [-0.3, -0.25) is 4.79 Å². The summed E-state index contributed by atoms with van der Waals surface area (Å²) in [5.41, 5.74) is 2.28. The Hall–Kier alpha value is -1.69. The van der Waals surface area contributed by atoms with Crippen LogP contribution in [0.3, 0.4) is 0 Å². The van der Waals surface area contributed by atoms with Gasteiger partial charge in [0.2, 0.25) is 0 Å². The maximum Gasteiger partial charge on any atom is 0.255 e. The first-order valence-corrected chi connectivity index (χ1v) is 7.42. The third-order valence-electron chi connectivity index (χ3n) is 2.79. The van der Waals surface area contributed by atoms with Gasteiger partial charge in [0.05, 0.1) is 10.2 Å². The summed E-state index contributed by atoms with van der Waals surface area (Å²) in [5.74, 6) is -0.167. The highest BCUT2D eigenvalue weighted by atomic mass is 35.5. The molecule has 0 aliphatic carbocycles. The van der Waals surface area contributed by atoms with Gasteiger partial charge in [0.25, 0.3) is 5.91 Å². The fraction of sp³-hybridized carbons (Fsp3) is 0. The molecule has 6 heteroatoms. The quantitative estimate of drug-likeness (QED) is 0.662. The molecule has 0 saturated carbocycles. The molecule has 1 amide bonds. The van der Waals surface area contributed by atoms with Crippen molar-refractivity contribution in [3.8, 4) is 0 Å². The molecular formula is C14H9ClN2OS2. The summed E-state index contributed by atoms with van der Waals surface area (Å²) < 4.78 is 1.74. The van der Waals surface area contributed by atoms with E-state index in [4.69, 9.17) is 23.8 Å². The summed E-state index contributed by atoms with van der Waals surface area (Å²) >= 11 is 12.4. The number of thiazole rings is 1. The third-order valence-corrected chi connectivity index (χ3v) is 4.23. The third kappa shape index (κ3) is 2.75. The topological polar surface area (TPSA) is 44.9 Å². The lowest BCUT2D eigenvalue weighted by atomic mass is 10.2. The predicted molar refractivity (Wildman–Crippen MR) is 86.4 cm³/mol. The molecule has 0 aliphatic rings. The Kier molecular flexibility index (Phi) is 3.56. The number of fused-ring (bicyclic) bond motifs is 1. The molecule has 1 aromatic heterocycles. The Morgan fingerprint density at radius 1 is 1.20 bits per heavy atom. The summed E-state index contributed by atoms with van der Waals surface area (Å²) in [7, 11) is 0. The minimum atomic E-state index is -0.167. The van der Waals surface area contributed by atoms with Gasteiger partial charge in [-0.25, -0.2) is 0 Å². The number of hydrogen-bond acceptors (Lipinski definition) is 3. The number of amides is 1. The monoisotopic (exact) mass is 320 g/mol. The first kappa shape index (κ1) is 13.3. The molecular weight excluding hydrogens is 312 g/mol. The Morgan fingerprint density at radius 3 is 2.70 bits per heavy atom. The predicted octanol–water partition coefficient (Wildman–Crippen LogP) is 4.86. The van der Waals surface area contributed by atoms with Crippen LogP contribution in [0.1, 0.15) is 10.4 Å². The van der Waals surface area contributed by atoms with E-state index in [0.29, 0.717) is 10.6 Å². The van der Waals surface area contributed by atoms with Gasteiger partial charge in [0.15, 0.2) is 3.95 Å². The number of hydrogen-bond donors (Lipinski definition) is 2. The van der Waals surface area contributed by atoms with Crippen molar-refractivity contribution in [1.82, 2.24) is 4.98 Å². The normalized spacial score (nSPS) is 10.7. The van der Waals surface area contributed by atoms with Crippen LogP contribution in [-0.4, -0.2) is 10.9 Å². The SMILES string of the molecule is O=C(Nc1ccc2[nH]c(=S)sc2c1)c1ccc(Cl)cc1. The number of carbonyl (C=O) groups excluding carboxylic acids is 1.